The molecule has 2 nitrogen and oxygen atoms in total. The molecule has 4 heteroatoms. The number of allylic oxidation sites excluding steroid dienone is 2. The number of hydrogen-bond acceptors (Lipinski definition) is 4. The number of hydrogen-bond donors (Lipinski definition) is 2. The van der Waals surface area contributed by atoms with Crippen molar-refractivity contribution in [3.63, 3.8) is 0 Å². The second-order valence-electron chi connectivity index (χ2n) is 4.41. The number of thioether (sulfide) groups is 2. The first kappa shape index (κ1) is 16.2. The molecule has 1 saturated heterocycles. The highest BCUT2D eigenvalue weighted by molar-refractivity contribution is 8.17. The summed E-state index contributed by atoms with van der Waals surface area (Å²) in [6, 6.07) is 0. The summed E-state index contributed by atoms with van der Waals surface area (Å²) in [5, 5.41) is 19.5. The van der Waals surface area contributed by atoms with Crippen LogP contribution in [-0.4, -0.2) is 38.5 Å². The van der Waals surface area contributed by atoms with Crippen LogP contribution < -0.4 is 0 Å². The standard InChI is InChI=1S/C14H24O2S2/c1-2-7-12(15)8-4-3-5-9-13(16)14-17-10-6-11-18-14/h2-3,5,7,12-16H,4,6,8-11H2,1H3/b5-3-,7-2+/t12-,13+/m0/s1. The SMILES string of the molecule is C/C=C/[C@H](O)CC/C=C\C[C@@H](O)C1SCCCS1. The second-order valence-corrected chi connectivity index (χ2v) is 7.21. The van der Waals surface area contributed by atoms with Crippen LogP contribution in [0.25, 0.3) is 0 Å². The van der Waals surface area contributed by atoms with Gasteiger partial charge >= 0.3 is 0 Å². The van der Waals surface area contributed by atoms with E-state index in [2.05, 4.69) is 6.08 Å². The molecule has 18 heavy (non-hydrogen) atoms. The monoisotopic (exact) mass is 288 g/mol. The third-order valence-electron chi connectivity index (χ3n) is 2.76. The van der Waals surface area contributed by atoms with E-state index < -0.39 is 0 Å². The van der Waals surface area contributed by atoms with E-state index in [1.807, 2.05) is 42.6 Å². The Labute approximate surface area is 119 Å². The van der Waals surface area contributed by atoms with Crippen LogP contribution in [0.1, 0.15) is 32.6 Å². The lowest BCUT2D eigenvalue weighted by molar-refractivity contribution is 0.195. The molecule has 0 amide bonds. The molecule has 0 saturated carbocycles. The van der Waals surface area contributed by atoms with Crippen molar-refractivity contribution in [1.82, 2.24) is 0 Å². The fraction of sp³-hybridized carbons (Fsp3) is 0.714. The predicted octanol–water partition coefficient (Wildman–Crippen LogP) is 3.21. The molecule has 2 atom stereocenters. The lowest BCUT2D eigenvalue weighted by Crippen LogP contribution is -2.22. The van der Waals surface area contributed by atoms with Gasteiger partial charge in [-0.25, -0.2) is 0 Å². The van der Waals surface area contributed by atoms with Gasteiger partial charge in [-0.15, -0.1) is 23.5 Å². The molecule has 0 radical (unpaired) electrons. The minimum atomic E-state index is -0.339. The van der Waals surface area contributed by atoms with Gasteiger partial charge in [0.2, 0.25) is 0 Å². The third kappa shape index (κ3) is 6.88. The lowest BCUT2D eigenvalue weighted by atomic mass is 10.1. The summed E-state index contributed by atoms with van der Waals surface area (Å²) in [5.41, 5.74) is 0. The first-order valence-corrected chi connectivity index (χ1v) is 8.71. The molecule has 0 bridgehead atoms. The normalized spacial score (nSPS) is 21.7. The Hall–Kier alpha value is 0.1000. The Kier molecular flexibility index (Phi) is 8.94. The first-order valence-electron chi connectivity index (χ1n) is 6.61. The van der Waals surface area contributed by atoms with Crippen LogP contribution in [0, 0.1) is 0 Å². The van der Waals surface area contributed by atoms with Crippen molar-refractivity contribution in [2.45, 2.75) is 49.4 Å². The Balaban J connectivity index is 2.11. The van der Waals surface area contributed by atoms with Crippen molar-refractivity contribution in [2.24, 2.45) is 0 Å². The van der Waals surface area contributed by atoms with Gasteiger partial charge in [-0.1, -0.05) is 24.3 Å². The fourth-order valence-electron chi connectivity index (χ4n) is 1.78. The summed E-state index contributed by atoms with van der Waals surface area (Å²) in [5.74, 6) is 2.35. The van der Waals surface area contributed by atoms with E-state index in [1.54, 1.807) is 6.08 Å². The summed E-state index contributed by atoms with van der Waals surface area (Å²) in [4.78, 5) is 0. The highest BCUT2D eigenvalue weighted by atomic mass is 32.2. The van der Waals surface area contributed by atoms with E-state index in [0.717, 1.165) is 19.3 Å². The zero-order chi connectivity index (χ0) is 13.2. The number of aliphatic hydroxyl groups excluding tert-OH is 2. The molecule has 0 spiro atoms. The van der Waals surface area contributed by atoms with E-state index in [4.69, 9.17) is 0 Å². The summed E-state index contributed by atoms with van der Waals surface area (Å²) in [6.07, 6.45) is 10.8. The summed E-state index contributed by atoms with van der Waals surface area (Å²) in [7, 11) is 0. The summed E-state index contributed by atoms with van der Waals surface area (Å²) < 4.78 is 0.344. The summed E-state index contributed by atoms with van der Waals surface area (Å²) >= 11 is 3.75. The third-order valence-corrected chi connectivity index (χ3v) is 5.91. The van der Waals surface area contributed by atoms with Crippen molar-refractivity contribution in [3.05, 3.63) is 24.3 Å². The van der Waals surface area contributed by atoms with Crippen LogP contribution in [0.4, 0.5) is 0 Å². The molecule has 0 aromatic rings. The maximum atomic E-state index is 10.0. The van der Waals surface area contributed by atoms with Gasteiger partial charge in [0.05, 0.1) is 16.8 Å². The largest absolute Gasteiger partial charge is 0.391 e. The highest BCUT2D eigenvalue weighted by Gasteiger charge is 2.21. The van der Waals surface area contributed by atoms with Crippen LogP contribution >= 0.6 is 23.5 Å². The maximum absolute atomic E-state index is 10.0. The van der Waals surface area contributed by atoms with Crippen LogP contribution in [0.3, 0.4) is 0 Å². The van der Waals surface area contributed by atoms with Gasteiger partial charge in [-0.3, -0.25) is 0 Å². The van der Waals surface area contributed by atoms with E-state index in [9.17, 15) is 10.2 Å². The minimum Gasteiger partial charge on any atom is -0.391 e. The number of aliphatic hydroxyl groups is 2. The van der Waals surface area contributed by atoms with Crippen LogP contribution in [-0.2, 0) is 0 Å². The first-order chi connectivity index (χ1) is 8.74. The van der Waals surface area contributed by atoms with Gasteiger partial charge in [-0.2, -0.15) is 0 Å². The Morgan fingerprint density at radius 3 is 2.61 bits per heavy atom. The minimum absolute atomic E-state index is 0.239. The maximum Gasteiger partial charge on any atom is 0.0784 e. The zero-order valence-electron chi connectivity index (χ0n) is 11.0. The Morgan fingerprint density at radius 1 is 1.22 bits per heavy atom. The van der Waals surface area contributed by atoms with Gasteiger partial charge in [0.15, 0.2) is 0 Å². The molecular formula is C14H24O2S2. The molecule has 1 fully saturated rings. The van der Waals surface area contributed by atoms with Crippen LogP contribution in [0.5, 0.6) is 0 Å². The Bertz CT molecular complexity index is 261. The smallest absolute Gasteiger partial charge is 0.0784 e. The van der Waals surface area contributed by atoms with Crippen LogP contribution in [0.15, 0.2) is 24.3 Å². The molecule has 1 aliphatic rings. The van der Waals surface area contributed by atoms with Gasteiger partial charge in [-0.05, 0) is 44.1 Å². The second kappa shape index (κ2) is 9.96. The lowest BCUT2D eigenvalue weighted by Gasteiger charge is -2.24. The van der Waals surface area contributed by atoms with Gasteiger partial charge in [0.25, 0.3) is 0 Å². The molecule has 1 aliphatic heterocycles. The van der Waals surface area contributed by atoms with Crippen molar-refractivity contribution in [1.29, 1.82) is 0 Å². The highest BCUT2D eigenvalue weighted by Crippen LogP contribution is 2.33. The molecule has 0 aromatic carbocycles. The van der Waals surface area contributed by atoms with Crippen molar-refractivity contribution >= 4 is 23.5 Å². The predicted molar refractivity (Wildman–Crippen MR) is 83.1 cm³/mol. The average Bonchev–Trinajstić information content (AvgIpc) is 2.39. The molecule has 1 rings (SSSR count). The molecule has 104 valence electrons. The van der Waals surface area contributed by atoms with E-state index in [0.29, 0.717) is 4.58 Å². The molecule has 0 aliphatic carbocycles. The number of rotatable bonds is 7. The van der Waals surface area contributed by atoms with E-state index in [-0.39, 0.29) is 12.2 Å². The van der Waals surface area contributed by atoms with Crippen LogP contribution in [0.2, 0.25) is 0 Å². The molecule has 2 N–H and O–H groups in total. The van der Waals surface area contributed by atoms with Gasteiger partial charge in [0.1, 0.15) is 0 Å². The molecule has 1 heterocycles. The van der Waals surface area contributed by atoms with Crippen molar-refractivity contribution < 1.29 is 10.2 Å². The topological polar surface area (TPSA) is 40.5 Å². The summed E-state index contributed by atoms with van der Waals surface area (Å²) in [6.45, 7) is 1.91. The van der Waals surface area contributed by atoms with Gasteiger partial charge < -0.3 is 10.2 Å². The molecule has 0 unspecified atom stereocenters. The van der Waals surface area contributed by atoms with E-state index >= 15 is 0 Å². The molecular weight excluding hydrogens is 264 g/mol. The fourth-order valence-corrected chi connectivity index (χ4v) is 4.68. The van der Waals surface area contributed by atoms with E-state index in [1.165, 1.54) is 17.9 Å². The quantitative estimate of drug-likeness (QED) is 0.706. The average molecular weight is 288 g/mol. The van der Waals surface area contributed by atoms with Crippen molar-refractivity contribution in [2.75, 3.05) is 11.5 Å². The zero-order valence-corrected chi connectivity index (χ0v) is 12.6. The molecule has 0 aromatic heterocycles. The van der Waals surface area contributed by atoms with Gasteiger partial charge in [0, 0.05) is 0 Å². The van der Waals surface area contributed by atoms with Crippen molar-refractivity contribution in [3.8, 4) is 0 Å². The Morgan fingerprint density at radius 2 is 1.94 bits per heavy atom.